The smallest absolute Gasteiger partial charge is 0.143 e. The first kappa shape index (κ1) is 34.5. The van der Waals surface area contributed by atoms with Crippen LogP contribution in [0.3, 0.4) is 0 Å². The summed E-state index contributed by atoms with van der Waals surface area (Å²) in [5, 5.41) is 9.04. The molecule has 0 fully saturated rings. The predicted molar refractivity (Wildman–Crippen MR) is 257 cm³/mol. The second-order valence-corrected chi connectivity index (χ2v) is 16.0. The lowest BCUT2D eigenvalue weighted by Gasteiger charge is -2.28. The SMILES string of the molecule is c1ccc2c(c1)oc1ccc(-c3ccc(N(c4ccc(-c5cccc6c5oc5ccccc56)cc4)c4ccc(-c5cccc6c5oc5ccccc56)cc4)c4ccccc34)cc12. The van der Waals surface area contributed by atoms with Crippen molar-refractivity contribution >= 4 is 93.7 Å². The largest absolute Gasteiger partial charge is 0.456 e. The Morgan fingerprint density at radius 3 is 1.26 bits per heavy atom. The van der Waals surface area contributed by atoms with Crippen LogP contribution in [0.25, 0.3) is 110 Å². The van der Waals surface area contributed by atoms with Crippen LogP contribution in [0.5, 0.6) is 0 Å². The van der Waals surface area contributed by atoms with Gasteiger partial charge in [0.25, 0.3) is 0 Å². The number of anilines is 3. The third-order valence-electron chi connectivity index (χ3n) is 12.5. The zero-order valence-electron chi connectivity index (χ0n) is 33.4. The van der Waals surface area contributed by atoms with Crippen molar-refractivity contribution in [2.45, 2.75) is 0 Å². The molecule has 0 atom stereocenters. The van der Waals surface area contributed by atoms with E-state index in [0.717, 1.165) is 116 Å². The topological polar surface area (TPSA) is 42.7 Å². The molecule has 0 saturated heterocycles. The van der Waals surface area contributed by atoms with Crippen molar-refractivity contribution in [2.24, 2.45) is 0 Å². The molecule has 0 aliphatic carbocycles. The molecule has 13 rings (SSSR count). The number of para-hydroxylation sites is 5. The lowest BCUT2D eigenvalue weighted by Crippen LogP contribution is -2.10. The summed E-state index contributed by atoms with van der Waals surface area (Å²) >= 11 is 0. The maximum atomic E-state index is 6.46. The third kappa shape index (κ3) is 5.33. The number of nitrogens with zero attached hydrogens (tertiary/aromatic N) is 1. The van der Waals surface area contributed by atoms with Crippen LogP contribution in [-0.4, -0.2) is 0 Å². The zero-order valence-corrected chi connectivity index (χ0v) is 33.4. The molecule has 0 aliphatic rings. The molecular formula is C58H35NO3. The summed E-state index contributed by atoms with van der Waals surface area (Å²) in [7, 11) is 0. The molecule has 4 heteroatoms. The van der Waals surface area contributed by atoms with Crippen LogP contribution in [0.1, 0.15) is 0 Å². The van der Waals surface area contributed by atoms with Crippen LogP contribution >= 0.6 is 0 Å². The fourth-order valence-corrected chi connectivity index (χ4v) is 9.58. The van der Waals surface area contributed by atoms with Gasteiger partial charge in [0, 0.05) is 60.2 Å². The van der Waals surface area contributed by atoms with Gasteiger partial charge < -0.3 is 18.2 Å². The maximum Gasteiger partial charge on any atom is 0.143 e. The first-order valence-electron chi connectivity index (χ1n) is 21.0. The Morgan fingerprint density at radius 2 is 0.694 bits per heavy atom. The highest BCUT2D eigenvalue weighted by Gasteiger charge is 2.20. The van der Waals surface area contributed by atoms with E-state index in [4.69, 9.17) is 13.3 Å². The minimum Gasteiger partial charge on any atom is -0.456 e. The van der Waals surface area contributed by atoms with Gasteiger partial charge in [0.15, 0.2) is 0 Å². The lowest BCUT2D eigenvalue weighted by molar-refractivity contribution is 0.669. The molecule has 0 amide bonds. The summed E-state index contributed by atoms with van der Waals surface area (Å²) in [6, 6.07) is 75.1. The highest BCUT2D eigenvalue weighted by atomic mass is 16.3. The second-order valence-electron chi connectivity index (χ2n) is 16.0. The Labute approximate surface area is 356 Å². The highest BCUT2D eigenvalue weighted by molar-refractivity contribution is 6.12. The Hall–Kier alpha value is -8.34. The van der Waals surface area contributed by atoms with Crippen molar-refractivity contribution in [3.63, 3.8) is 0 Å². The van der Waals surface area contributed by atoms with Crippen LogP contribution in [-0.2, 0) is 0 Å². The van der Waals surface area contributed by atoms with E-state index in [1.165, 1.54) is 10.9 Å². The number of fused-ring (bicyclic) bond motifs is 10. The molecule has 62 heavy (non-hydrogen) atoms. The standard InChI is InChI=1S/C58H35NO3/c1-2-12-45-44(11-1)41(38-27-34-56-51(35-38)48-15-5-6-20-53(48)60-56)32-33-52(45)59(39-28-23-36(24-29-39)42-16-9-18-49-46-13-3-7-21-54(46)61-57(42)49)40-30-25-37(26-31-40)43-17-10-19-50-47-14-4-8-22-55(47)62-58(43)50/h1-35H. The second kappa shape index (κ2) is 13.6. The van der Waals surface area contributed by atoms with Gasteiger partial charge in [-0.3, -0.25) is 0 Å². The van der Waals surface area contributed by atoms with E-state index in [1.54, 1.807) is 0 Å². The lowest BCUT2D eigenvalue weighted by atomic mass is 9.95. The first-order chi connectivity index (χ1) is 30.7. The van der Waals surface area contributed by atoms with E-state index < -0.39 is 0 Å². The normalized spacial score (nSPS) is 11.9. The van der Waals surface area contributed by atoms with Crippen LogP contribution in [0.15, 0.2) is 226 Å². The van der Waals surface area contributed by atoms with Gasteiger partial charge in [-0.1, -0.05) is 152 Å². The molecule has 0 radical (unpaired) electrons. The average Bonchev–Trinajstić information content (AvgIpc) is 4.03. The molecule has 290 valence electrons. The Kier molecular flexibility index (Phi) is 7.57. The number of hydrogen-bond donors (Lipinski definition) is 0. The molecule has 3 aromatic heterocycles. The maximum absolute atomic E-state index is 6.46. The van der Waals surface area contributed by atoms with Crippen molar-refractivity contribution in [3.05, 3.63) is 212 Å². The van der Waals surface area contributed by atoms with Crippen molar-refractivity contribution < 1.29 is 13.3 Å². The van der Waals surface area contributed by atoms with Gasteiger partial charge in [-0.2, -0.15) is 0 Å². The molecule has 0 saturated carbocycles. The van der Waals surface area contributed by atoms with Crippen LogP contribution in [0.2, 0.25) is 0 Å². The molecular weight excluding hydrogens is 759 g/mol. The van der Waals surface area contributed by atoms with Crippen molar-refractivity contribution in [1.82, 2.24) is 0 Å². The van der Waals surface area contributed by atoms with E-state index in [9.17, 15) is 0 Å². The minimum atomic E-state index is 0.891. The highest BCUT2D eigenvalue weighted by Crippen LogP contribution is 2.45. The molecule has 3 heterocycles. The van der Waals surface area contributed by atoms with E-state index in [2.05, 4.69) is 181 Å². The summed E-state index contributed by atoms with van der Waals surface area (Å²) in [5.74, 6) is 0. The van der Waals surface area contributed by atoms with E-state index >= 15 is 0 Å². The van der Waals surface area contributed by atoms with Gasteiger partial charge in [-0.25, -0.2) is 0 Å². The van der Waals surface area contributed by atoms with Gasteiger partial charge in [0.2, 0.25) is 0 Å². The molecule has 13 aromatic rings. The molecule has 10 aromatic carbocycles. The van der Waals surface area contributed by atoms with E-state index in [0.29, 0.717) is 0 Å². The van der Waals surface area contributed by atoms with E-state index in [-0.39, 0.29) is 0 Å². The number of benzene rings is 10. The van der Waals surface area contributed by atoms with Crippen LogP contribution < -0.4 is 4.90 Å². The van der Waals surface area contributed by atoms with Gasteiger partial charge in [-0.15, -0.1) is 0 Å². The van der Waals surface area contributed by atoms with E-state index in [1.807, 2.05) is 36.4 Å². The summed E-state index contributed by atoms with van der Waals surface area (Å²) in [4.78, 5) is 2.37. The van der Waals surface area contributed by atoms with Crippen molar-refractivity contribution in [3.8, 4) is 33.4 Å². The van der Waals surface area contributed by atoms with Crippen molar-refractivity contribution in [1.29, 1.82) is 0 Å². The molecule has 0 aliphatic heterocycles. The number of hydrogen-bond acceptors (Lipinski definition) is 4. The Morgan fingerprint density at radius 1 is 0.258 bits per heavy atom. The summed E-state index contributed by atoms with van der Waals surface area (Å²) in [6.45, 7) is 0. The summed E-state index contributed by atoms with van der Waals surface area (Å²) < 4.78 is 19.1. The van der Waals surface area contributed by atoms with Crippen LogP contribution in [0.4, 0.5) is 17.1 Å². The first-order valence-corrected chi connectivity index (χ1v) is 21.0. The average molecular weight is 794 g/mol. The number of furan rings is 3. The predicted octanol–water partition coefficient (Wildman–Crippen LogP) is 17.0. The monoisotopic (exact) mass is 793 g/mol. The molecule has 4 nitrogen and oxygen atoms in total. The minimum absolute atomic E-state index is 0.891. The summed E-state index contributed by atoms with van der Waals surface area (Å²) in [6.07, 6.45) is 0. The van der Waals surface area contributed by atoms with Crippen molar-refractivity contribution in [2.75, 3.05) is 4.90 Å². The fourth-order valence-electron chi connectivity index (χ4n) is 9.58. The van der Waals surface area contributed by atoms with Crippen LogP contribution in [0, 0.1) is 0 Å². The molecule has 0 bridgehead atoms. The quantitative estimate of drug-likeness (QED) is 0.168. The van der Waals surface area contributed by atoms with Gasteiger partial charge in [0.05, 0.1) is 5.69 Å². The fraction of sp³-hybridized carbons (Fsp3) is 0. The number of rotatable bonds is 6. The van der Waals surface area contributed by atoms with Gasteiger partial charge in [-0.05, 0) is 88.3 Å². The van der Waals surface area contributed by atoms with Gasteiger partial charge in [0.1, 0.15) is 33.5 Å². The molecule has 0 N–H and O–H groups in total. The Bertz CT molecular complexity index is 3710. The molecule has 0 spiro atoms. The zero-order chi connectivity index (χ0) is 40.7. The third-order valence-corrected chi connectivity index (χ3v) is 12.5. The Balaban J connectivity index is 0.963. The summed E-state index contributed by atoms with van der Waals surface area (Å²) in [5.41, 5.74) is 15.2. The van der Waals surface area contributed by atoms with Gasteiger partial charge >= 0.3 is 0 Å². The molecule has 0 unspecified atom stereocenters.